The van der Waals surface area contributed by atoms with Crippen LogP contribution in [0.25, 0.3) is 0 Å². The van der Waals surface area contributed by atoms with Gasteiger partial charge in [-0.1, -0.05) is 6.92 Å². The van der Waals surface area contributed by atoms with Crippen molar-refractivity contribution in [3.05, 3.63) is 24.1 Å². The Labute approximate surface area is 117 Å². The highest BCUT2D eigenvalue weighted by Crippen LogP contribution is 2.32. The molecule has 2 rings (SSSR count). The number of halogens is 1. The molecule has 0 amide bonds. The van der Waals surface area contributed by atoms with Gasteiger partial charge in [0.25, 0.3) is 10.0 Å². The summed E-state index contributed by atoms with van der Waals surface area (Å²) in [5.74, 6) is -0.800. The summed E-state index contributed by atoms with van der Waals surface area (Å²) in [5.41, 5.74) is 5.04. The van der Waals surface area contributed by atoms with E-state index in [1.54, 1.807) is 0 Å². The van der Waals surface area contributed by atoms with E-state index in [4.69, 9.17) is 11.1 Å². The quantitative estimate of drug-likeness (QED) is 0.641. The first-order chi connectivity index (χ1) is 9.27. The number of aromatic nitrogens is 1. The summed E-state index contributed by atoms with van der Waals surface area (Å²) in [4.78, 5) is 3.63. The van der Waals surface area contributed by atoms with Crippen LogP contribution in [-0.4, -0.2) is 36.6 Å². The Morgan fingerprint density at radius 2 is 2.10 bits per heavy atom. The number of nitrogens with two attached hydrogens (primary N) is 1. The van der Waals surface area contributed by atoms with Crippen molar-refractivity contribution in [1.82, 2.24) is 9.29 Å². The lowest BCUT2D eigenvalue weighted by Crippen LogP contribution is -2.47. The number of pyridine rings is 1. The Morgan fingerprint density at radius 3 is 2.60 bits per heavy atom. The molecule has 0 unspecified atom stereocenters. The molecule has 0 atom stereocenters. The molecule has 20 heavy (non-hydrogen) atoms. The van der Waals surface area contributed by atoms with Gasteiger partial charge < -0.3 is 5.73 Å². The molecule has 1 aromatic rings. The van der Waals surface area contributed by atoms with Gasteiger partial charge in [-0.15, -0.1) is 0 Å². The zero-order chi connectivity index (χ0) is 15.0. The van der Waals surface area contributed by atoms with Crippen LogP contribution < -0.4 is 5.73 Å². The summed E-state index contributed by atoms with van der Waals surface area (Å²) in [6, 6.07) is 2.42. The third-order valence-electron chi connectivity index (χ3n) is 3.79. The SMILES string of the molecule is CC1(C(=N)N)CCN(S(=O)(=O)c2ncccc2F)CC1. The Balaban J connectivity index is 2.22. The number of sulfonamides is 1. The van der Waals surface area contributed by atoms with Crippen LogP contribution in [-0.2, 0) is 10.0 Å². The van der Waals surface area contributed by atoms with Crippen molar-refractivity contribution in [3.63, 3.8) is 0 Å². The van der Waals surface area contributed by atoms with E-state index in [1.807, 2.05) is 6.92 Å². The van der Waals surface area contributed by atoms with Gasteiger partial charge in [0, 0.05) is 24.7 Å². The van der Waals surface area contributed by atoms with Crippen molar-refractivity contribution in [2.24, 2.45) is 11.1 Å². The molecule has 1 aromatic heterocycles. The molecule has 0 spiro atoms. The first-order valence-corrected chi connectivity index (χ1v) is 7.66. The fourth-order valence-corrected chi connectivity index (χ4v) is 3.59. The molecule has 0 aromatic carbocycles. The molecule has 8 heteroatoms. The van der Waals surface area contributed by atoms with Crippen molar-refractivity contribution in [1.29, 1.82) is 5.41 Å². The maximum Gasteiger partial charge on any atom is 0.263 e. The van der Waals surface area contributed by atoms with Gasteiger partial charge in [0.2, 0.25) is 5.03 Å². The van der Waals surface area contributed by atoms with Crippen molar-refractivity contribution < 1.29 is 12.8 Å². The summed E-state index contributed by atoms with van der Waals surface area (Å²) >= 11 is 0. The fourth-order valence-electron chi connectivity index (χ4n) is 2.17. The van der Waals surface area contributed by atoms with E-state index < -0.39 is 26.3 Å². The smallest absolute Gasteiger partial charge is 0.263 e. The average Bonchev–Trinajstić information content (AvgIpc) is 2.39. The van der Waals surface area contributed by atoms with Gasteiger partial charge in [0.1, 0.15) is 0 Å². The van der Waals surface area contributed by atoms with Crippen molar-refractivity contribution in [3.8, 4) is 0 Å². The lowest BCUT2D eigenvalue weighted by Gasteiger charge is -2.37. The molecule has 0 bridgehead atoms. The number of amidine groups is 1. The van der Waals surface area contributed by atoms with E-state index in [1.165, 1.54) is 16.6 Å². The first kappa shape index (κ1) is 14.9. The molecule has 1 fully saturated rings. The molecule has 0 radical (unpaired) electrons. The number of nitrogens with one attached hydrogen (secondary N) is 1. The fraction of sp³-hybridized carbons (Fsp3) is 0.500. The second-order valence-electron chi connectivity index (χ2n) is 5.17. The van der Waals surface area contributed by atoms with E-state index in [-0.39, 0.29) is 18.9 Å². The van der Waals surface area contributed by atoms with E-state index in [9.17, 15) is 12.8 Å². The zero-order valence-corrected chi connectivity index (χ0v) is 12.0. The van der Waals surface area contributed by atoms with E-state index >= 15 is 0 Å². The minimum Gasteiger partial charge on any atom is -0.387 e. The van der Waals surface area contributed by atoms with Crippen molar-refractivity contribution in [2.45, 2.75) is 24.8 Å². The molecule has 0 aliphatic carbocycles. The molecule has 3 N–H and O–H groups in total. The minimum atomic E-state index is -3.93. The number of hydrogen-bond donors (Lipinski definition) is 2. The van der Waals surface area contributed by atoms with E-state index in [0.29, 0.717) is 12.8 Å². The maximum atomic E-state index is 13.6. The number of nitrogens with zero attached hydrogens (tertiary/aromatic N) is 2. The number of hydrogen-bond acceptors (Lipinski definition) is 4. The molecule has 0 saturated carbocycles. The first-order valence-electron chi connectivity index (χ1n) is 6.22. The Morgan fingerprint density at radius 1 is 1.50 bits per heavy atom. The molecule has 6 nitrogen and oxygen atoms in total. The molecule has 1 aliphatic rings. The van der Waals surface area contributed by atoms with Gasteiger partial charge in [-0.25, -0.2) is 17.8 Å². The second kappa shape index (κ2) is 5.10. The van der Waals surface area contributed by atoms with Crippen LogP contribution in [0.2, 0.25) is 0 Å². The van der Waals surface area contributed by atoms with Gasteiger partial charge in [0.05, 0.1) is 5.84 Å². The average molecular weight is 300 g/mol. The lowest BCUT2D eigenvalue weighted by molar-refractivity contribution is 0.239. The molecule has 110 valence electrons. The minimum absolute atomic E-state index is 0.0542. The highest BCUT2D eigenvalue weighted by molar-refractivity contribution is 7.89. The van der Waals surface area contributed by atoms with Crippen LogP contribution in [0.4, 0.5) is 4.39 Å². The van der Waals surface area contributed by atoms with Crippen LogP contribution in [0.1, 0.15) is 19.8 Å². The molecular formula is C12H17FN4O2S. The van der Waals surface area contributed by atoms with Crippen molar-refractivity contribution in [2.75, 3.05) is 13.1 Å². The number of piperidine rings is 1. The predicted octanol–water partition coefficient (Wildman–Crippen LogP) is 0.947. The molecule has 2 heterocycles. The highest BCUT2D eigenvalue weighted by atomic mass is 32.2. The van der Waals surface area contributed by atoms with Crippen molar-refractivity contribution >= 4 is 15.9 Å². The van der Waals surface area contributed by atoms with Crippen LogP contribution in [0.3, 0.4) is 0 Å². The Bertz CT molecular complexity index is 624. The van der Waals surface area contributed by atoms with Gasteiger partial charge in [-0.05, 0) is 25.0 Å². The summed E-state index contributed by atoms with van der Waals surface area (Å²) in [7, 11) is -3.93. The normalized spacial score (nSPS) is 19.7. The van der Waals surface area contributed by atoms with Crippen LogP contribution in [0.15, 0.2) is 23.4 Å². The van der Waals surface area contributed by atoms with Crippen LogP contribution in [0, 0.1) is 16.6 Å². The standard InChI is InChI=1S/C12H17FN4O2S/c1-12(11(14)15)4-7-17(8-5-12)20(18,19)10-9(13)3-2-6-16-10/h2-3,6H,4-5,7-8H2,1H3,(H3,14,15). The predicted molar refractivity (Wildman–Crippen MR) is 72.2 cm³/mol. The maximum absolute atomic E-state index is 13.6. The Kier molecular flexibility index (Phi) is 3.79. The lowest BCUT2D eigenvalue weighted by atomic mass is 9.80. The summed E-state index contributed by atoms with van der Waals surface area (Å²) in [6.07, 6.45) is 2.13. The van der Waals surface area contributed by atoms with Crippen LogP contribution >= 0.6 is 0 Å². The topological polar surface area (TPSA) is 100 Å². The summed E-state index contributed by atoms with van der Waals surface area (Å²) < 4.78 is 39.5. The third-order valence-corrected chi connectivity index (χ3v) is 5.62. The molecule has 1 saturated heterocycles. The van der Waals surface area contributed by atoms with Crippen LogP contribution in [0.5, 0.6) is 0 Å². The largest absolute Gasteiger partial charge is 0.387 e. The van der Waals surface area contributed by atoms with Gasteiger partial charge in [-0.3, -0.25) is 5.41 Å². The van der Waals surface area contributed by atoms with E-state index in [2.05, 4.69) is 4.98 Å². The molecular weight excluding hydrogens is 283 g/mol. The summed E-state index contributed by atoms with van der Waals surface area (Å²) in [6.45, 7) is 2.24. The summed E-state index contributed by atoms with van der Waals surface area (Å²) in [5, 5.41) is 6.99. The second-order valence-corrected chi connectivity index (χ2v) is 7.02. The van der Waals surface area contributed by atoms with Gasteiger partial charge >= 0.3 is 0 Å². The third kappa shape index (κ3) is 2.53. The zero-order valence-electron chi connectivity index (χ0n) is 11.1. The number of rotatable bonds is 3. The highest BCUT2D eigenvalue weighted by Gasteiger charge is 2.38. The van der Waals surface area contributed by atoms with Gasteiger partial charge in [0.15, 0.2) is 5.82 Å². The van der Waals surface area contributed by atoms with E-state index in [0.717, 1.165) is 6.07 Å². The monoisotopic (exact) mass is 300 g/mol. The Hall–Kier alpha value is -1.54. The van der Waals surface area contributed by atoms with Gasteiger partial charge in [-0.2, -0.15) is 4.31 Å². The molecule has 1 aliphatic heterocycles.